The van der Waals surface area contributed by atoms with Gasteiger partial charge in [0, 0.05) is 228 Å². The number of esters is 8. The van der Waals surface area contributed by atoms with E-state index in [-0.39, 0.29) is 282 Å². The Morgan fingerprint density at radius 3 is 0.410 bits per heavy atom. The van der Waals surface area contributed by atoms with E-state index in [0.717, 1.165) is 0 Å². The van der Waals surface area contributed by atoms with Crippen molar-refractivity contribution in [3.05, 3.63) is 0 Å². The minimum absolute atomic E-state index is 0.00407. The van der Waals surface area contributed by atoms with Gasteiger partial charge in [-0.1, -0.05) is 6.92 Å². The van der Waals surface area contributed by atoms with E-state index in [1.807, 2.05) is 41.2 Å². The summed E-state index contributed by atoms with van der Waals surface area (Å²) < 4.78 is 38.1. The van der Waals surface area contributed by atoms with Crippen molar-refractivity contribution in [1.29, 1.82) is 0 Å². The number of nitrogens with one attached hydrogen (secondary N) is 7. The highest BCUT2D eigenvalue weighted by molar-refractivity contribution is 5.79. The fourth-order valence-electron chi connectivity index (χ4n) is 10.0. The van der Waals surface area contributed by atoms with Crippen LogP contribution in [0.1, 0.15) is 110 Å². The summed E-state index contributed by atoms with van der Waals surface area (Å²) in [5.41, 5.74) is 0. The summed E-state index contributed by atoms with van der Waals surface area (Å²) in [6, 6.07) is 0. The number of methoxy groups -OCH3 is 8. The first-order valence-electron chi connectivity index (χ1n) is 35.8. The van der Waals surface area contributed by atoms with Crippen LogP contribution in [0, 0.1) is 0 Å². The van der Waals surface area contributed by atoms with Crippen molar-refractivity contribution in [2.75, 3.05) is 240 Å². The van der Waals surface area contributed by atoms with Gasteiger partial charge in [-0.25, -0.2) is 0 Å². The van der Waals surface area contributed by atoms with Gasteiger partial charge in [0.15, 0.2) is 0 Å². The summed E-state index contributed by atoms with van der Waals surface area (Å²) >= 11 is 0. The summed E-state index contributed by atoms with van der Waals surface area (Å²) in [5.74, 6) is -5.51. The maximum atomic E-state index is 13.5. The van der Waals surface area contributed by atoms with Crippen LogP contribution in [0.2, 0.25) is 0 Å². The first-order valence-corrected chi connectivity index (χ1v) is 35.8. The topological polar surface area (TPSA) is 437 Å². The van der Waals surface area contributed by atoms with Gasteiger partial charge in [-0.15, -0.1) is 0 Å². The summed E-state index contributed by atoms with van der Waals surface area (Å²) in [4.78, 5) is 200. The molecule has 0 saturated carbocycles. The van der Waals surface area contributed by atoms with Gasteiger partial charge in [-0.05, 0) is 6.42 Å². The molecule has 0 spiro atoms. The number of carbonyl (C=O) groups is 15. The lowest BCUT2D eigenvalue weighted by atomic mass is 10.2. The molecule has 0 aromatic rings. The minimum atomic E-state index is -0.433. The van der Waals surface area contributed by atoms with Gasteiger partial charge >= 0.3 is 47.8 Å². The average Bonchev–Trinajstić information content (AvgIpc) is 1.02. The second kappa shape index (κ2) is 63.1. The smallest absolute Gasteiger partial charge is 0.306 e. The maximum absolute atomic E-state index is 13.5. The summed E-state index contributed by atoms with van der Waals surface area (Å²) in [7, 11) is 10.2. The van der Waals surface area contributed by atoms with Crippen LogP contribution >= 0.6 is 0 Å². The van der Waals surface area contributed by atoms with Gasteiger partial charge in [0.05, 0.1) is 108 Å². The first-order chi connectivity index (χ1) is 50.3. The van der Waals surface area contributed by atoms with Crippen molar-refractivity contribution < 1.29 is 110 Å². The molecule has 0 bridgehead atoms. The van der Waals surface area contributed by atoms with Gasteiger partial charge in [-0.2, -0.15) is 0 Å². The molecular formula is C68H122N14O23. The van der Waals surface area contributed by atoms with E-state index in [1.165, 1.54) is 56.9 Å². The molecular weight excluding hydrogens is 1380 g/mol. The molecule has 0 heterocycles. The Balaban J connectivity index is 6.21. The molecule has 0 aliphatic carbocycles. The quantitative estimate of drug-likeness (QED) is 0.0230. The van der Waals surface area contributed by atoms with Crippen LogP contribution in [0.5, 0.6) is 0 Å². The highest BCUT2D eigenvalue weighted by atomic mass is 16.5. The summed E-state index contributed by atoms with van der Waals surface area (Å²) in [6.45, 7) is 8.60. The summed E-state index contributed by atoms with van der Waals surface area (Å²) in [5, 5.41) is 20.2. The molecule has 7 N–H and O–H groups in total. The molecule has 0 rings (SSSR count). The largest absolute Gasteiger partial charge is 0.469 e. The third-order valence-corrected chi connectivity index (χ3v) is 16.5. The van der Waals surface area contributed by atoms with Crippen LogP contribution in [0.3, 0.4) is 0 Å². The third kappa shape index (κ3) is 55.9. The van der Waals surface area contributed by atoms with Crippen molar-refractivity contribution in [3.63, 3.8) is 0 Å². The SMILES string of the molecule is CCCC(=O)NCCN(CCC(=O)NCCN(CCC(=O)NCCN(CCC(=O)OC)CCC(=O)OC)CCC(=O)NCCN(CCC(=O)OC)CCC(=O)OC)CCC(=O)NCCN(CCC(=O)NCCN(CCC(=O)OC)CCC(=O)OC)CCC(=O)NCCN(CCC(=O)OC)CCC(=O)OC. The Kier molecular flexibility index (Phi) is 58.1. The van der Waals surface area contributed by atoms with E-state index in [0.29, 0.717) is 45.6 Å². The van der Waals surface area contributed by atoms with Crippen LogP contribution in [0.15, 0.2) is 0 Å². The number of hydrogen-bond acceptors (Lipinski definition) is 30. The van der Waals surface area contributed by atoms with E-state index < -0.39 is 47.8 Å². The van der Waals surface area contributed by atoms with Crippen LogP contribution < -0.4 is 37.2 Å². The fraction of sp³-hybridized carbons (Fsp3) is 0.779. The molecule has 105 heavy (non-hydrogen) atoms. The lowest BCUT2D eigenvalue weighted by Gasteiger charge is -2.24. The third-order valence-electron chi connectivity index (χ3n) is 16.5. The van der Waals surface area contributed by atoms with Crippen molar-refractivity contribution in [3.8, 4) is 0 Å². The standard InChI is InChI=1S/C68H122N14O23/c1-10-11-54(83)69-26-47-76(33-12-55(84)70-27-48-77(35-14-57(86)72-29-50-79(39-18-61(90)98-2)40-19-62(91)99-3)36-15-58(87)73-30-51-80(41-20-63(92)100-4)42-21-64(93)101-5)34-13-56(85)71-28-49-78(37-16-59(88)74-31-52-81(43-22-65(94)102-6)44-23-66(95)103-7)38-17-60(89)75-32-53-82(45-24-67(96)104-8)46-25-68(97)105-9/h10-53H2,1-9H3,(H,69,83)(H,70,84)(H,71,85)(H,72,86)(H,73,87)(H,74,88)(H,75,89). The number of nitrogens with zero attached hydrogens (tertiary/aromatic N) is 7. The highest BCUT2D eigenvalue weighted by Crippen LogP contribution is 2.05. The molecule has 0 aliphatic rings. The van der Waals surface area contributed by atoms with Gasteiger partial charge in [0.2, 0.25) is 41.4 Å². The Morgan fingerprint density at radius 1 is 0.181 bits per heavy atom. The van der Waals surface area contributed by atoms with Gasteiger partial charge in [-0.3, -0.25) is 71.9 Å². The predicted molar refractivity (Wildman–Crippen MR) is 382 cm³/mol. The average molecular weight is 1500 g/mol. The Bertz CT molecular complexity index is 2220. The van der Waals surface area contributed by atoms with E-state index in [1.54, 1.807) is 0 Å². The molecule has 0 aromatic carbocycles. The van der Waals surface area contributed by atoms with Crippen molar-refractivity contribution in [2.24, 2.45) is 0 Å². The zero-order valence-corrected chi connectivity index (χ0v) is 63.6. The molecule has 0 atom stereocenters. The van der Waals surface area contributed by atoms with Crippen molar-refractivity contribution in [1.82, 2.24) is 71.5 Å². The summed E-state index contributed by atoms with van der Waals surface area (Å²) in [6.07, 6.45) is 1.57. The molecule has 37 nitrogen and oxygen atoms in total. The van der Waals surface area contributed by atoms with E-state index in [4.69, 9.17) is 37.9 Å². The number of amides is 7. The minimum Gasteiger partial charge on any atom is -0.469 e. The molecule has 0 unspecified atom stereocenters. The molecule has 7 amide bonds. The lowest BCUT2D eigenvalue weighted by molar-refractivity contribution is -0.142. The van der Waals surface area contributed by atoms with Gasteiger partial charge < -0.3 is 109 Å². The molecule has 0 radical (unpaired) electrons. The van der Waals surface area contributed by atoms with E-state index >= 15 is 0 Å². The van der Waals surface area contributed by atoms with Crippen molar-refractivity contribution >= 4 is 89.1 Å². The zero-order valence-electron chi connectivity index (χ0n) is 63.6. The molecule has 0 saturated heterocycles. The number of hydrogen-bond donors (Lipinski definition) is 7. The second-order valence-corrected chi connectivity index (χ2v) is 24.2. The Morgan fingerprint density at radius 2 is 0.295 bits per heavy atom. The molecule has 0 aliphatic heterocycles. The normalized spacial score (nSPS) is 11.1. The first kappa shape index (κ1) is 96.8. The fourth-order valence-corrected chi connectivity index (χ4v) is 10.0. The van der Waals surface area contributed by atoms with Crippen LogP contribution in [0.25, 0.3) is 0 Å². The monoisotopic (exact) mass is 1500 g/mol. The van der Waals surface area contributed by atoms with Gasteiger partial charge in [0.1, 0.15) is 0 Å². The Labute approximate surface area is 618 Å². The molecule has 37 heteroatoms. The predicted octanol–water partition coefficient (Wildman–Crippen LogP) is -3.44. The van der Waals surface area contributed by atoms with Crippen LogP contribution in [0.4, 0.5) is 0 Å². The van der Waals surface area contributed by atoms with Crippen molar-refractivity contribution in [2.45, 2.75) is 110 Å². The van der Waals surface area contributed by atoms with Gasteiger partial charge in [0.25, 0.3) is 0 Å². The van der Waals surface area contributed by atoms with Crippen LogP contribution in [-0.2, 0) is 110 Å². The molecule has 0 aromatic heterocycles. The number of rotatable bonds is 65. The number of ether oxygens (including phenoxy) is 8. The Hall–Kier alpha value is -8.23. The molecule has 0 fully saturated rings. The zero-order chi connectivity index (χ0) is 78.4. The van der Waals surface area contributed by atoms with E-state index in [9.17, 15) is 71.9 Å². The molecule has 602 valence electrons. The highest BCUT2D eigenvalue weighted by Gasteiger charge is 2.21. The second-order valence-electron chi connectivity index (χ2n) is 24.2. The maximum Gasteiger partial charge on any atom is 0.306 e. The van der Waals surface area contributed by atoms with E-state index in [2.05, 4.69) is 37.2 Å². The van der Waals surface area contributed by atoms with Crippen LogP contribution in [-0.4, -0.2) is 364 Å². The number of carbonyl (C=O) groups excluding carboxylic acids is 15. The lowest BCUT2D eigenvalue weighted by Crippen LogP contribution is -2.42.